The van der Waals surface area contributed by atoms with Gasteiger partial charge in [-0.3, -0.25) is 9.59 Å². The molecule has 7 heteroatoms. The highest BCUT2D eigenvalue weighted by Gasteiger charge is 2.26. The highest BCUT2D eigenvalue weighted by molar-refractivity contribution is 6.07. The number of amides is 2. The van der Waals surface area contributed by atoms with Crippen molar-refractivity contribution in [2.45, 2.75) is 20.5 Å². The molecule has 1 fully saturated rings. The van der Waals surface area contributed by atoms with Crippen molar-refractivity contribution in [1.82, 2.24) is 15.0 Å². The molecule has 4 aromatic rings. The molecular formula is C28H27N3O4. The molecule has 0 N–H and O–H groups in total. The number of ether oxygens (including phenoxy) is 1. The summed E-state index contributed by atoms with van der Waals surface area (Å²) in [5.41, 5.74) is 2.97. The number of piperazine rings is 1. The second-order valence-corrected chi connectivity index (χ2v) is 8.73. The number of hydrogen-bond donors (Lipinski definition) is 0. The standard InChI is InChI=1S/C28H27N3O4/c1-19-26(20(2)35-29-19)18-34-23-10-5-9-22(17-23)27(32)30-13-15-31(16-14-30)28(33)25-12-6-8-21-7-3-4-11-24(21)25/h3-12,17H,13-16,18H2,1-2H3. The fourth-order valence-electron chi connectivity index (χ4n) is 4.46. The van der Waals surface area contributed by atoms with Crippen molar-refractivity contribution < 1.29 is 18.8 Å². The van der Waals surface area contributed by atoms with E-state index in [9.17, 15) is 9.59 Å². The normalized spacial score (nSPS) is 13.8. The molecule has 3 aromatic carbocycles. The smallest absolute Gasteiger partial charge is 0.254 e. The van der Waals surface area contributed by atoms with Gasteiger partial charge in [0, 0.05) is 37.3 Å². The SMILES string of the molecule is Cc1noc(C)c1COc1cccc(C(=O)N2CCN(C(=O)c3cccc4ccccc34)CC2)c1. The van der Waals surface area contributed by atoms with Gasteiger partial charge in [-0.25, -0.2) is 0 Å². The molecule has 0 spiro atoms. The second-order valence-electron chi connectivity index (χ2n) is 8.73. The van der Waals surface area contributed by atoms with Crippen LogP contribution >= 0.6 is 0 Å². The lowest BCUT2D eigenvalue weighted by molar-refractivity contribution is 0.0536. The van der Waals surface area contributed by atoms with Gasteiger partial charge >= 0.3 is 0 Å². The Morgan fingerprint density at radius 3 is 2.31 bits per heavy atom. The van der Waals surface area contributed by atoms with Gasteiger partial charge in [0.2, 0.25) is 0 Å². The average Bonchev–Trinajstić information content (AvgIpc) is 3.23. The summed E-state index contributed by atoms with van der Waals surface area (Å²) in [4.78, 5) is 30.0. The van der Waals surface area contributed by atoms with Crippen LogP contribution in [0.5, 0.6) is 5.75 Å². The molecule has 35 heavy (non-hydrogen) atoms. The maximum absolute atomic E-state index is 13.2. The Labute approximate surface area is 203 Å². The van der Waals surface area contributed by atoms with Gasteiger partial charge in [0.05, 0.1) is 11.3 Å². The second kappa shape index (κ2) is 9.62. The summed E-state index contributed by atoms with van der Waals surface area (Å²) < 4.78 is 11.1. The molecule has 0 bridgehead atoms. The van der Waals surface area contributed by atoms with Gasteiger partial charge in [-0.2, -0.15) is 0 Å². The Hall–Kier alpha value is -4.13. The third-order valence-corrected chi connectivity index (χ3v) is 6.52. The number of rotatable bonds is 5. The van der Waals surface area contributed by atoms with Crippen LogP contribution in [0.4, 0.5) is 0 Å². The largest absolute Gasteiger partial charge is 0.489 e. The van der Waals surface area contributed by atoms with Gasteiger partial charge in [-0.1, -0.05) is 47.6 Å². The van der Waals surface area contributed by atoms with E-state index < -0.39 is 0 Å². The molecule has 2 heterocycles. The summed E-state index contributed by atoms with van der Waals surface area (Å²) in [6.45, 7) is 6.02. The third-order valence-electron chi connectivity index (χ3n) is 6.52. The lowest BCUT2D eigenvalue weighted by Gasteiger charge is -2.35. The van der Waals surface area contributed by atoms with E-state index in [0.29, 0.717) is 49.7 Å². The lowest BCUT2D eigenvalue weighted by Crippen LogP contribution is -2.50. The topological polar surface area (TPSA) is 75.9 Å². The summed E-state index contributed by atoms with van der Waals surface area (Å²) in [5, 5.41) is 5.94. The van der Waals surface area contributed by atoms with E-state index in [-0.39, 0.29) is 11.8 Å². The number of benzene rings is 3. The van der Waals surface area contributed by atoms with Gasteiger partial charge in [-0.15, -0.1) is 0 Å². The quantitative estimate of drug-likeness (QED) is 0.426. The summed E-state index contributed by atoms with van der Waals surface area (Å²) in [6, 6.07) is 20.9. The monoisotopic (exact) mass is 469 g/mol. The number of aryl methyl sites for hydroxylation is 2. The maximum atomic E-state index is 13.2. The highest BCUT2D eigenvalue weighted by Crippen LogP contribution is 2.22. The zero-order chi connectivity index (χ0) is 24.4. The van der Waals surface area contributed by atoms with Gasteiger partial charge in [0.25, 0.3) is 11.8 Å². The molecular weight excluding hydrogens is 442 g/mol. The van der Waals surface area contributed by atoms with Crippen LogP contribution in [0.25, 0.3) is 10.8 Å². The van der Waals surface area contributed by atoms with Gasteiger partial charge in [-0.05, 0) is 48.9 Å². The van der Waals surface area contributed by atoms with Crippen molar-refractivity contribution in [2.24, 2.45) is 0 Å². The zero-order valence-electron chi connectivity index (χ0n) is 19.9. The van der Waals surface area contributed by atoms with Crippen LogP contribution < -0.4 is 4.74 Å². The van der Waals surface area contributed by atoms with Crippen LogP contribution in [0.3, 0.4) is 0 Å². The van der Waals surface area contributed by atoms with Crippen molar-refractivity contribution in [3.8, 4) is 5.75 Å². The molecule has 2 amide bonds. The zero-order valence-corrected chi connectivity index (χ0v) is 19.9. The molecule has 0 atom stereocenters. The van der Waals surface area contributed by atoms with Crippen molar-refractivity contribution in [3.63, 3.8) is 0 Å². The molecule has 178 valence electrons. The number of aromatic nitrogens is 1. The fraction of sp³-hybridized carbons (Fsp3) is 0.250. The number of carbonyl (C=O) groups excluding carboxylic acids is 2. The van der Waals surface area contributed by atoms with E-state index in [0.717, 1.165) is 27.8 Å². The molecule has 0 unspecified atom stereocenters. The van der Waals surface area contributed by atoms with Crippen molar-refractivity contribution in [1.29, 1.82) is 0 Å². The predicted molar refractivity (Wildman–Crippen MR) is 133 cm³/mol. The van der Waals surface area contributed by atoms with Crippen LogP contribution in [0, 0.1) is 13.8 Å². The van der Waals surface area contributed by atoms with Crippen LogP contribution in [0.1, 0.15) is 37.7 Å². The number of fused-ring (bicyclic) bond motifs is 1. The van der Waals surface area contributed by atoms with E-state index in [1.807, 2.05) is 73.3 Å². The molecule has 0 radical (unpaired) electrons. The molecule has 1 aliphatic rings. The van der Waals surface area contributed by atoms with Crippen LogP contribution in [-0.2, 0) is 6.61 Å². The summed E-state index contributed by atoms with van der Waals surface area (Å²) in [5.74, 6) is 1.28. The Morgan fingerprint density at radius 2 is 1.57 bits per heavy atom. The van der Waals surface area contributed by atoms with Crippen LogP contribution in [0.15, 0.2) is 71.3 Å². The van der Waals surface area contributed by atoms with E-state index in [4.69, 9.17) is 9.26 Å². The Morgan fingerprint density at radius 1 is 0.886 bits per heavy atom. The van der Waals surface area contributed by atoms with Gasteiger partial charge < -0.3 is 19.1 Å². The predicted octanol–water partition coefficient (Wildman–Crippen LogP) is 4.62. The molecule has 1 aliphatic heterocycles. The van der Waals surface area contributed by atoms with E-state index in [1.165, 1.54) is 0 Å². The fourth-order valence-corrected chi connectivity index (χ4v) is 4.46. The molecule has 0 aliphatic carbocycles. The third kappa shape index (κ3) is 4.62. The summed E-state index contributed by atoms with van der Waals surface area (Å²) in [7, 11) is 0. The Kier molecular flexibility index (Phi) is 6.23. The van der Waals surface area contributed by atoms with Crippen molar-refractivity contribution in [3.05, 3.63) is 94.9 Å². The van der Waals surface area contributed by atoms with Gasteiger partial charge in [0.1, 0.15) is 18.1 Å². The first-order valence-corrected chi connectivity index (χ1v) is 11.7. The average molecular weight is 470 g/mol. The number of carbonyl (C=O) groups is 2. The number of nitrogens with zero attached hydrogens (tertiary/aromatic N) is 3. The van der Waals surface area contributed by atoms with Crippen molar-refractivity contribution >= 4 is 22.6 Å². The first-order chi connectivity index (χ1) is 17.0. The minimum Gasteiger partial charge on any atom is -0.489 e. The Bertz CT molecular complexity index is 1360. The van der Waals surface area contributed by atoms with E-state index in [2.05, 4.69) is 5.16 Å². The molecule has 0 saturated carbocycles. The van der Waals surface area contributed by atoms with E-state index >= 15 is 0 Å². The molecule has 1 saturated heterocycles. The Balaban J connectivity index is 1.22. The first kappa shape index (κ1) is 22.7. The summed E-state index contributed by atoms with van der Waals surface area (Å²) >= 11 is 0. The molecule has 1 aromatic heterocycles. The summed E-state index contributed by atoms with van der Waals surface area (Å²) in [6.07, 6.45) is 0. The number of hydrogen-bond acceptors (Lipinski definition) is 5. The molecule has 5 rings (SSSR count). The molecule has 7 nitrogen and oxygen atoms in total. The van der Waals surface area contributed by atoms with E-state index in [1.54, 1.807) is 17.0 Å². The van der Waals surface area contributed by atoms with Crippen LogP contribution in [0.2, 0.25) is 0 Å². The van der Waals surface area contributed by atoms with Gasteiger partial charge in [0.15, 0.2) is 0 Å². The lowest BCUT2D eigenvalue weighted by atomic mass is 10.0. The van der Waals surface area contributed by atoms with Crippen molar-refractivity contribution in [2.75, 3.05) is 26.2 Å². The minimum absolute atomic E-state index is 0.00335. The minimum atomic E-state index is -0.0648. The highest BCUT2D eigenvalue weighted by atomic mass is 16.5. The van der Waals surface area contributed by atoms with Crippen LogP contribution in [-0.4, -0.2) is 52.9 Å². The maximum Gasteiger partial charge on any atom is 0.254 e. The first-order valence-electron chi connectivity index (χ1n) is 11.7.